The normalized spacial score (nSPS) is 12.0. The van der Waals surface area contributed by atoms with Crippen LogP contribution < -0.4 is 10.6 Å². The summed E-state index contributed by atoms with van der Waals surface area (Å²) in [6.45, 7) is 0.251. The Hall–Kier alpha value is -2.70. The number of ether oxygens (including phenoxy) is 1. The number of halogens is 1. The molecule has 4 rings (SSSR count). The lowest BCUT2D eigenvalue weighted by atomic mass is 9.98. The zero-order valence-electron chi connectivity index (χ0n) is 14.8. The van der Waals surface area contributed by atoms with E-state index in [9.17, 15) is 4.79 Å². The highest BCUT2D eigenvalue weighted by atomic mass is 79.9. The van der Waals surface area contributed by atoms with Crippen molar-refractivity contribution in [1.29, 1.82) is 0 Å². The maximum absolute atomic E-state index is 12.2. The van der Waals surface area contributed by atoms with Gasteiger partial charge in [-0.1, -0.05) is 64.5 Å². The number of benzene rings is 3. The first-order chi connectivity index (χ1) is 13.6. The fourth-order valence-corrected chi connectivity index (χ4v) is 3.89. The number of fused-ring (bicyclic) bond motifs is 3. The van der Waals surface area contributed by atoms with Crippen LogP contribution in [0.2, 0.25) is 0 Å². The Kier molecular flexibility index (Phi) is 5.41. The molecule has 0 bridgehead atoms. The Balaban J connectivity index is 1.38. The zero-order valence-corrected chi connectivity index (χ0v) is 17.2. The maximum Gasteiger partial charge on any atom is 0.413 e. The van der Waals surface area contributed by atoms with Crippen molar-refractivity contribution in [2.75, 3.05) is 11.9 Å². The molecule has 0 aromatic heterocycles. The van der Waals surface area contributed by atoms with Gasteiger partial charge in [0, 0.05) is 16.1 Å². The van der Waals surface area contributed by atoms with E-state index >= 15 is 0 Å². The molecule has 0 aliphatic heterocycles. The van der Waals surface area contributed by atoms with Gasteiger partial charge in [-0.15, -0.1) is 0 Å². The largest absolute Gasteiger partial charge is 0.448 e. The van der Waals surface area contributed by atoms with Crippen LogP contribution in [0.15, 0.2) is 77.3 Å². The molecule has 140 valence electrons. The molecule has 0 radical (unpaired) electrons. The SMILES string of the molecule is O=C(NC(=S)Nc1ccc(Br)cc1)OCC1c2ccccc2-c2ccccc21. The van der Waals surface area contributed by atoms with Gasteiger partial charge in [-0.25, -0.2) is 4.79 Å². The third kappa shape index (κ3) is 3.93. The number of carbonyl (C=O) groups excluding carboxylic acids is 1. The van der Waals surface area contributed by atoms with Gasteiger partial charge in [0.25, 0.3) is 0 Å². The molecule has 0 spiro atoms. The second-order valence-electron chi connectivity index (χ2n) is 6.41. The Labute approximate surface area is 177 Å². The van der Waals surface area contributed by atoms with E-state index in [1.807, 2.05) is 48.5 Å². The molecular weight excluding hydrogens is 436 g/mol. The van der Waals surface area contributed by atoms with Crippen molar-refractivity contribution in [3.8, 4) is 11.1 Å². The molecule has 0 unspecified atom stereocenters. The highest BCUT2D eigenvalue weighted by Gasteiger charge is 2.29. The first-order valence-electron chi connectivity index (χ1n) is 8.80. The van der Waals surface area contributed by atoms with Gasteiger partial charge in [0.15, 0.2) is 5.11 Å². The molecule has 0 saturated carbocycles. The maximum atomic E-state index is 12.2. The topological polar surface area (TPSA) is 50.4 Å². The van der Waals surface area contributed by atoms with Gasteiger partial charge in [-0.2, -0.15) is 0 Å². The average Bonchev–Trinajstić information content (AvgIpc) is 3.02. The summed E-state index contributed by atoms with van der Waals surface area (Å²) in [4.78, 5) is 12.2. The van der Waals surface area contributed by atoms with Crippen molar-refractivity contribution in [3.05, 3.63) is 88.4 Å². The Morgan fingerprint density at radius 1 is 0.929 bits per heavy atom. The zero-order chi connectivity index (χ0) is 19.5. The number of amides is 1. The number of nitrogens with one attached hydrogen (secondary N) is 2. The number of alkyl carbamates (subject to hydrolysis) is 1. The van der Waals surface area contributed by atoms with Crippen LogP contribution in [-0.2, 0) is 4.74 Å². The number of hydrogen-bond acceptors (Lipinski definition) is 3. The number of rotatable bonds is 3. The van der Waals surface area contributed by atoms with Crippen molar-refractivity contribution in [3.63, 3.8) is 0 Å². The minimum Gasteiger partial charge on any atom is -0.448 e. The highest BCUT2D eigenvalue weighted by molar-refractivity contribution is 9.10. The lowest BCUT2D eigenvalue weighted by Gasteiger charge is -2.15. The van der Waals surface area contributed by atoms with Crippen LogP contribution >= 0.6 is 28.1 Å². The lowest BCUT2D eigenvalue weighted by Crippen LogP contribution is -2.35. The van der Waals surface area contributed by atoms with Crippen LogP contribution in [0.3, 0.4) is 0 Å². The van der Waals surface area contributed by atoms with Gasteiger partial charge >= 0.3 is 6.09 Å². The summed E-state index contributed by atoms with van der Waals surface area (Å²) in [5.41, 5.74) is 5.52. The van der Waals surface area contributed by atoms with Gasteiger partial charge in [-0.05, 0) is 58.7 Å². The van der Waals surface area contributed by atoms with E-state index in [1.165, 1.54) is 22.3 Å². The molecule has 28 heavy (non-hydrogen) atoms. The van der Waals surface area contributed by atoms with Crippen LogP contribution in [0.5, 0.6) is 0 Å². The van der Waals surface area contributed by atoms with E-state index in [1.54, 1.807) is 0 Å². The quantitative estimate of drug-likeness (QED) is 0.501. The van der Waals surface area contributed by atoms with E-state index in [0.29, 0.717) is 0 Å². The van der Waals surface area contributed by atoms with Crippen molar-refractivity contribution < 1.29 is 9.53 Å². The summed E-state index contributed by atoms with van der Waals surface area (Å²) >= 11 is 8.56. The second kappa shape index (κ2) is 8.12. The molecule has 6 heteroatoms. The van der Waals surface area contributed by atoms with Gasteiger partial charge in [0.05, 0.1) is 0 Å². The van der Waals surface area contributed by atoms with E-state index < -0.39 is 6.09 Å². The van der Waals surface area contributed by atoms with Gasteiger partial charge in [-0.3, -0.25) is 5.32 Å². The third-order valence-electron chi connectivity index (χ3n) is 4.66. The molecule has 0 saturated heterocycles. The van der Waals surface area contributed by atoms with Gasteiger partial charge in [0.1, 0.15) is 6.61 Å². The molecule has 0 heterocycles. The van der Waals surface area contributed by atoms with Crippen LogP contribution in [-0.4, -0.2) is 17.8 Å². The Morgan fingerprint density at radius 2 is 1.50 bits per heavy atom. The molecule has 2 N–H and O–H groups in total. The predicted molar refractivity (Wildman–Crippen MR) is 119 cm³/mol. The van der Waals surface area contributed by atoms with Gasteiger partial charge < -0.3 is 10.1 Å². The Morgan fingerprint density at radius 3 is 2.11 bits per heavy atom. The van der Waals surface area contributed by atoms with Crippen LogP contribution in [0, 0.1) is 0 Å². The van der Waals surface area contributed by atoms with Crippen LogP contribution in [0.4, 0.5) is 10.5 Å². The van der Waals surface area contributed by atoms with Crippen molar-refractivity contribution in [2.24, 2.45) is 0 Å². The summed E-state index contributed by atoms with van der Waals surface area (Å²) in [5, 5.41) is 5.71. The molecule has 1 aliphatic rings. The minimum atomic E-state index is -0.573. The summed E-state index contributed by atoms with van der Waals surface area (Å²) in [6, 6.07) is 23.9. The van der Waals surface area contributed by atoms with Crippen LogP contribution in [0.25, 0.3) is 11.1 Å². The molecule has 3 aromatic rings. The summed E-state index contributed by atoms with van der Waals surface area (Å²) < 4.78 is 6.45. The average molecular weight is 453 g/mol. The second-order valence-corrected chi connectivity index (χ2v) is 7.74. The van der Waals surface area contributed by atoms with E-state index in [4.69, 9.17) is 17.0 Å². The summed E-state index contributed by atoms with van der Waals surface area (Å²) in [7, 11) is 0. The fraction of sp³-hybridized carbons (Fsp3) is 0.0909. The van der Waals surface area contributed by atoms with Crippen molar-refractivity contribution in [2.45, 2.75) is 5.92 Å². The van der Waals surface area contributed by atoms with Crippen molar-refractivity contribution >= 4 is 45.0 Å². The molecule has 1 amide bonds. The smallest absolute Gasteiger partial charge is 0.413 e. The van der Waals surface area contributed by atoms with Gasteiger partial charge in [0.2, 0.25) is 0 Å². The molecule has 0 fully saturated rings. The van der Waals surface area contributed by atoms with E-state index in [2.05, 4.69) is 50.8 Å². The minimum absolute atomic E-state index is 0.0196. The molecule has 1 aliphatic carbocycles. The Bertz CT molecular complexity index is 991. The number of hydrogen-bond donors (Lipinski definition) is 2. The molecular formula is C22H17BrN2O2S. The van der Waals surface area contributed by atoms with E-state index in [0.717, 1.165) is 10.2 Å². The highest BCUT2D eigenvalue weighted by Crippen LogP contribution is 2.44. The summed E-state index contributed by atoms with van der Waals surface area (Å²) in [5.74, 6) is 0.0196. The predicted octanol–water partition coefficient (Wildman–Crippen LogP) is 5.68. The number of thiocarbonyl (C=S) groups is 1. The van der Waals surface area contributed by atoms with E-state index in [-0.39, 0.29) is 17.6 Å². The molecule has 0 atom stereocenters. The monoisotopic (exact) mass is 452 g/mol. The number of anilines is 1. The first-order valence-corrected chi connectivity index (χ1v) is 10.0. The molecule has 3 aromatic carbocycles. The first kappa shape index (κ1) is 18.7. The summed E-state index contributed by atoms with van der Waals surface area (Å²) in [6.07, 6.45) is -0.573. The molecule has 4 nitrogen and oxygen atoms in total. The third-order valence-corrected chi connectivity index (χ3v) is 5.39. The standard InChI is InChI=1S/C22H17BrN2O2S/c23-14-9-11-15(12-10-14)24-21(28)25-22(26)27-13-20-18-7-3-1-5-16(18)17-6-2-4-8-19(17)20/h1-12,20H,13H2,(H2,24,25,26,28). The lowest BCUT2D eigenvalue weighted by molar-refractivity contribution is 0.148. The number of carbonyl (C=O) groups is 1. The van der Waals surface area contributed by atoms with Crippen molar-refractivity contribution in [1.82, 2.24) is 5.32 Å². The van der Waals surface area contributed by atoms with Crippen LogP contribution in [0.1, 0.15) is 17.0 Å². The fourth-order valence-electron chi connectivity index (χ4n) is 3.42.